The molecule has 1 fully saturated rings. The van der Waals surface area contributed by atoms with E-state index in [4.69, 9.17) is 0 Å². The standard InChI is InChI=1S/C13H21N3OS.ClH/c1-10(13-15-7-8-18-13)9-16-12(17)5-4-11-3-2-6-14-11;/h7-8,10-11,14H,2-6,9H2,1H3,(H,16,17);1H. The fraction of sp³-hybridized carbons (Fsp3) is 0.692. The Bertz CT molecular complexity index is 366. The SMILES string of the molecule is CC(CNC(=O)CCC1CCCN1)c1nccs1.Cl. The summed E-state index contributed by atoms with van der Waals surface area (Å²) in [5, 5.41) is 9.47. The van der Waals surface area contributed by atoms with Crippen LogP contribution in [0.25, 0.3) is 0 Å². The van der Waals surface area contributed by atoms with E-state index in [0.717, 1.165) is 18.0 Å². The van der Waals surface area contributed by atoms with E-state index in [1.54, 1.807) is 11.3 Å². The summed E-state index contributed by atoms with van der Waals surface area (Å²) in [6, 6.07) is 0.548. The third-order valence-corrected chi connectivity index (χ3v) is 4.37. The number of amides is 1. The van der Waals surface area contributed by atoms with Crippen molar-refractivity contribution in [2.24, 2.45) is 0 Å². The van der Waals surface area contributed by atoms with Gasteiger partial charge in [-0.05, 0) is 25.8 Å². The zero-order valence-electron chi connectivity index (χ0n) is 11.2. The predicted molar refractivity (Wildman–Crippen MR) is 81.0 cm³/mol. The molecule has 1 saturated heterocycles. The summed E-state index contributed by atoms with van der Waals surface area (Å²) in [4.78, 5) is 16.0. The monoisotopic (exact) mass is 303 g/mol. The zero-order chi connectivity index (χ0) is 12.8. The van der Waals surface area contributed by atoms with Gasteiger partial charge in [0.25, 0.3) is 0 Å². The van der Waals surface area contributed by atoms with Crippen molar-refractivity contribution in [3.05, 3.63) is 16.6 Å². The lowest BCUT2D eigenvalue weighted by atomic mass is 10.1. The van der Waals surface area contributed by atoms with Crippen molar-refractivity contribution >= 4 is 29.7 Å². The van der Waals surface area contributed by atoms with Gasteiger partial charge in [0.05, 0.1) is 5.01 Å². The first-order valence-corrected chi connectivity index (χ1v) is 7.53. The van der Waals surface area contributed by atoms with E-state index < -0.39 is 0 Å². The second-order valence-corrected chi connectivity index (χ2v) is 5.83. The number of hydrogen-bond acceptors (Lipinski definition) is 4. The van der Waals surface area contributed by atoms with Crippen LogP contribution in [0.5, 0.6) is 0 Å². The van der Waals surface area contributed by atoms with Crippen LogP contribution in [0.15, 0.2) is 11.6 Å². The second-order valence-electron chi connectivity index (χ2n) is 4.91. The Kier molecular flexibility index (Phi) is 7.34. The minimum Gasteiger partial charge on any atom is -0.355 e. The maximum Gasteiger partial charge on any atom is 0.220 e. The molecule has 1 aliphatic rings. The highest BCUT2D eigenvalue weighted by atomic mass is 35.5. The van der Waals surface area contributed by atoms with E-state index in [1.165, 1.54) is 12.8 Å². The minimum atomic E-state index is 0. The first-order valence-electron chi connectivity index (χ1n) is 6.65. The topological polar surface area (TPSA) is 54.0 Å². The first-order chi connectivity index (χ1) is 8.75. The van der Waals surface area contributed by atoms with E-state index in [9.17, 15) is 4.79 Å². The van der Waals surface area contributed by atoms with Crippen LogP contribution in [0.2, 0.25) is 0 Å². The van der Waals surface area contributed by atoms with Crippen LogP contribution in [0.4, 0.5) is 0 Å². The van der Waals surface area contributed by atoms with E-state index in [0.29, 0.717) is 24.9 Å². The van der Waals surface area contributed by atoms with Crippen molar-refractivity contribution in [1.29, 1.82) is 0 Å². The average Bonchev–Trinajstić information content (AvgIpc) is 3.05. The number of carbonyl (C=O) groups excluding carboxylic acids is 1. The van der Waals surface area contributed by atoms with Gasteiger partial charge in [-0.25, -0.2) is 4.98 Å². The molecule has 19 heavy (non-hydrogen) atoms. The molecule has 0 aromatic carbocycles. The Morgan fingerprint density at radius 2 is 2.53 bits per heavy atom. The molecule has 0 saturated carbocycles. The van der Waals surface area contributed by atoms with Gasteiger partial charge in [0, 0.05) is 36.5 Å². The number of hydrogen-bond donors (Lipinski definition) is 2. The van der Waals surface area contributed by atoms with E-state index in [-0.39, 0.29) is 18.3 Å². The maximum absolute atomic E-state index is 11.7. The molecular formula is C13H22ClN3OS. The molecule has 108 valence electrons. The van der Waals surface area contributed by atoms with E-state index in [1.807, 2.05) is 11.6 Å². The van der Waals surface area contributed by atoms with Crippen molar-refractivity contribution in [3.8, 4) is 0 Å². The number of halogens is 1. The van der Waals surface area contributed by atoms with Crippen molar-refractivity contribution < 1.29 is 4.79 Å². The predicted octanol–water partition coefficient (Wildman–Crippen LogP) is 2.32. The molecule has 0 bridgehead atoms. The molecule has 1 aromatic heterocycles. The van der Waals surface area contributed by atoms with Gasteiger partial charge in [-0.3, -0.25) is 4.79 Å². The lowest BCUT2D eigenvalue weighted by Crippen LogP contribution is -2.29. The summed E-state index contributed by atoms with van der Waals surface area (Å²) in [5.74, 6) is 0.464. The molecule has 1 aromatic rings. The third-order valence-electron chi connectivity index (χ3n) is 3.36. The average molecular weight is 304 g/mol. The number of carbonyl (C=O) groups is 1. The highest BCUT2D eigenvalue weighted by Crippen LogP contribution is 2.16. The van der Waals surface area contributed by atoms with Crippen molar-refractivity contribution in [1.82, 2.24) is 15.6 Å². The van der Waals surface area contributed by atoms with Crippen molar-refractivity contribution in [2.45, 2.75) is 44.6 Å². The molecule has 6 heteroatoms. The Hall–Kier alpha value is -0.650. The lowest BCUT2D eigenvalue weighted by Gasteiger charge is -2.12. The molecule has 0 spiro atoms. The number of thiazole rings is 1. The van der Waals surface area contributed by atoms with Gasteiger partial charge in [-0.2, -0.15) is 0 Å². The van der Waals surface area contributed by atoms with Crippen LogP contribution in [0, 0.1) is 0 Å². The van der Waals surface area contributed by atoms with Gasteiger partial charge < -0.3 is 10.6 Å². The quantitative estimate of drug-likeness (QED) is 0.848. The van der Waals surface area contributed by atoms with Crippen LogP contribution in [0.3, 0.4) is 0 Å². The minimum absolute atomic E-state index is 0. The summed E-state index contributed by atoms with van der Waals surface area (Å²) in [5.41, 5.74) is 0. The van der Waals surface area contributed by atoms with Crippen LogP contribution in [0.1, 0.15) is 43.5 Å². The summed E-state index contributed by atoms with van der Waals surface area (Å²) >= 11 is 1.64. The van der Waals surface area contributed by atoms with Gasteiger partial charge in [0.2, 0.25) is 5.91 Å². The molecule has 2 rings (SSSR count). The smallest absolute Gasteiger partial charge is 0.220 e. The van der Waals surface area contributed by atoms with Crippen LogP contribution in [-0.4, -0.2) is 30.0 Å². The fourth-order valence-electron chi connectivity index (χ4n) is 2.23. The van der Waals surface area contributed by atoms with Gasteiger partial charge >= 0.3 is 0 Å². The molecule has 0 aliphatic carbocycles. The number of aromatic nitrogens is 1. The molecule has 1 amide bonds. The summed E-state index contributed by atoms with van der Waals surface area (Å²) in [6.07, 6.45) is 5.85. The van der Waals surface area contributed by atoms with Gasteiger partial charge in [-0.15, -0.1) is 23.7 Å². The molecule has 0 radical (unpaired) electrons. The van der Waals surface area contributed by atoms with Gasteiger partial charge in [-0.1, -0.05) is 6.92 Å². The Morgan fingerprint density at radius 3 is 3.16 bits per heavy atom. The Labute approximate surface area is 124 Å². The highest BCUT2D eigenvalue weighted by Gasteiger charge is 2.15. The first kappa shape index (κ1) is 16.4. The number of rotatable bonds is 6. The van der Waals surface area contributed by atoms with Crippen LogP contribution < -0.4 is 10.6 Å². The zero-order valence-corrected chi connectivity index (χ0v) is 12.9. The molecule has 2 heterocycles. The fourth-order valence-corrected chi connectivity index (χ4v) is 2.93. The molecule has 4 nitrogen and oxygen atoms in total. The van der Waals surface area contributed by atoms with Crippen molar-refractivity contribution in [2.75, 3.05) is 13.1 Å². The van der Waals surface area contributed by atoms with Gasteiger partial charge in [0.15, 0.2) is 0 Å². The molecule has 2 unspecified atom stereocenters. The summed E-state index contributed by atoms with van der Waals surface area (Å²) < 4.78 is 0. The highest BCUT2D eigenvalue weighted by molar-refractivity contribution is 7.09. The molecule has 1 aliphatic heterocycles. The number of nitrogens with zero attached hydrogens (tertiary/aromatic N) is 1. The molecule has 2 atom stereocenters. The summed E-state index contributed by atoms with van der Waals surface area (Å²) in [7, 11) is 0. The van der Waals surface area contributed by atoms with Crippen molar-refractivity contribution in [3.63, 3.8) is 0 Å². The van der Waals surface area contributed by atoms with Crippen LogP contribution >= 0.6 is 23.7 Å². The largest absolute Gasteiger partial charge is 0.355 e. The van der Waals surface area contributed by atoms with Gasteiger partial charge in [0.1, 0.15) is 0 Å². The molecule has 2 N–H and O–H groups in total. The Morgan fingerprint density at radius 1 is 1.68 bits per heavy atom. The normalized spacial score (nSPS) is 19.7. The van der Waals surface area contributed by atoms with Crippen LogP contribution in [-0.2, 0) is 4.79 Å². The third kappa shape index (κ3) is 5.47. The van der Waals surface area contributed by atoms with E-state index in [2.05, 4.69) is 22.5 Å². The second kappa shape index (κ2) is 8.51. The number of nitrogens with one attached hydrogen (secondary N) is 2. The maximum atomic E-state index is 11.7. The summed E-state index contributed by atoms with van der Waals surface area (Å²) in [6.45, 7) is 3.88. The molecular weight excluding hydrogens is 282 g/mol. The van der Waals surface area contributed by atoms with E-state index >= 15 is 0 Å². The Balaban J connectivity index is 0.00000180. The lowest BCUT2D eigenvalue weighted by molar-refractivity contribution is -0.121.